The first-order valence-electron chi connectivity index (χ1n) is 8.32. The number of alkyl halides is 3. The zero-order valence-corrected chi connectivity index (χ0v) is 14.7. The zero-order valence-electron chi connectivity index (χ0n) is 14.7. The molecule has 0 radical (unpaired) electrons. The van der Waals surface area contributed by atoms with E-state index < -0.39 is 28.9 Å². The third kappa shape index (κ3) is 4.11. The van der Waals surface area contributed by atoms with Crippen molar-refractivity contribution in [1.29, 1.82) is 0 Å². The number of rotatable bonds is 5. The van der Waals surface area contributed by atoms with E-state index in [4.69, 9.17) is 0 Å². The van der Waals surface area contributed by atoms with E-state index in [1.54, 1.807) is 0 Å². The molecule has 2 aromatic heterocycles. The molecule has 1 amide bonds. The Morgan fingerprint density at radius 1 is 1.21 bits per heavy atom. The summed E-state index contributed by atoms with van der Waals surface area (Å²) < 4.78 is 41.2. The van der Waals surface area contributed by atoms with Gasteiger partial charge in [-0.2, -0.15) is 23.4 Å². The number of hydrogen-bond acceptors (Lipinski definition) is 4. The molecule has 2 heterocycles. The van der Waals surface area contributed by atoms with Crippen LogP contribution in [0, 0.1) is 0 Å². The van der Waals surface area contributed by atoms with E-state index in [-0.39, 0.29) is 18.3 Å². The predicted octanol–water partition coefficient (Wildman–Crippen LogP) is 2.51. The van der Waals surface area contributed by atoms with Gasteiger partial charge in [0, 0.05) is 12.6 Å². The Morgan fingerprint density at radius 3 is 2.54 bits per heavy atom. The normalized spacial score (nSPS) is 12.6. The molecule has 0 spiro atoms. The van der Waals surface area contributed by atoms with Gasteiger partial charge < -0.3 is 5.32 Å². The van der Waals surface area contributed by atoms with Gasteiger partial charge in [0.1, 0.15) is 0 Å². The first kappa shape index (κ1) is 19.3. The van der Waals surface area contributed by atoms with E-state index in [1.807, 2.05) is 42.4 Å². The van der Waals surface area contributed by atoms with Crippen LogP contribution in [0.1, 0.15) is 34.5 Å². The van der Waals surface area contributed by atoms with E-state index in [9.17, 15) is 22.8 Å². The Hall–Kier alpha value is -3.43. The van der Waals surface area contributed by atoms with Crippen molar-refractivity contribution in [2.24, 2.45) is 0 Å². The van der Waals surface area contributed by atoms with E-state index in [2.05, 4.69) is 15.5 Å². The third-order valence-corrected chi connectivity index (χ3v) is 4.10. The second kappa shape index (κ2) is 7.67. The van der Waals surface area contributed by atoms with Crippen molar-refractivity contribution < 1.29 is 18.0 Å². The number of nitrogens with zero attached hydrogens (tertiary/aromatic N) is 3. The summed E-state index contributed by atoms with van der Waals surface area (Å²) in [4.78, 5) is 23.5. The maximum atomic E-state index is 13.6. The SMILES string of the molecule is C[C@H](CNC(=O)c1cnn(-c2ccc(=O)[nH]n2)c1C(F)(F)F)c1ccccc1. The number of aromatic amines is 1. The van der Waals surface area contributed by atoms with E-state index >= 15 is 0 Å². The van der Waals surface area contributed by atoms with Crippen LogP contribution < -0.4 is 10.9 Å². The lowest BCUT2D eigenvalue weighted by atomic mass is 10.0. The van der Waals surface area contributed by atoms with Gasteiger partial charge >= 0.3 is 6.18 Å². The maximum absolute atomic E-state index is 13.6. The monoisotopic (exact) mass is 391 g/mol. The number of halogens is 3. The van der Waals surface area contributed by atoms with Crippen molar-refractivity contribution in [3.8, 4) is 5.82 Å². The zero-order chi connectivity index (χ0) is 20.3. The summed E-state index contributed by atoms with van der Waals surface area (Å²) in [6.07, 6.45) is -4.02. The number of hydrogen-bond donors (Lipinski definition) is 2. The molecule has 0 aliphatic carbocycles. The second-order valence-corrected chi connectivity index (χ2v) is 6.12. The molecule has 0 aliphatic heterocycles. The fourth-order valence-corrected chi connectivity index (χ4v) is 2.66. The largest absolute Gasteiger partial charge is 0.434 e. The van der Waals surface area contributed by atoms with Crippen LogP contribution in [0.2, 0.25) is 0 Å². The molecule has 28 heavy (non-hydrogen) atoms. The molecule has 10 heteroatoms. The molecule has 0 saturated carbocycles. The van der Waals surface area contributed by atoms with Gasteiger partial charge in [0.25, 0.3) is 11.5 Å². The minimum Gasteiger partial charge on any atom is -0.351 e. The average molecular weight is 391 g/mol. The summed E-state index contributed by atoms with van der Waals surface area (Å²) in [5.74, 6) is -1.25. The van der Waals surface area contributed by atoms with E-state index in [1.165, 1.54) is 0 Å². The Balaban J connectivity index is 1.86. The minimum atomic E-state index is -4.86. The Bertz CT molecular complexity index is 1010. The van der Waals surface area contributed by atoms with Crippen LogP contribution in [0.3, 0.4) is 0 Å². The van der Waals surface area contributed by atoms with Gasteiger partial charge in [-0.15, -0.1) is 0 Å². The Kier molecular flexibility index (Phi) is 5.30. The van der Waals surface area contributed by atoms with Crippen molar-refractivity contribution in [2.45, 2.75) is 19.0 Å². The van der Waals surface area contributed by atoms with Crippen molar-refractivity contribution in [3.63, 3.8) is 0 Å². The highest BCUT2D eigenvalue weighted by molar-refractivity contribution is 5.95. The molecular formula is C18H16F3N5O2. The summed E-state index contributed by atoms with van der Waals surface area (Å²) in [6, 6.07) is 11.4. The number of carbonyl (C=O) groups is 1. The van der Waals surface area contributed by atoms with Gasteiger partial charge in [-0.3, -0.25) is 9.59 Å². The number of H-pyrrole nitrogens is 1. The fraction of sp³-hybridized carbons (Fsp3) is 0.222. The van der Waals surface area contributed by atoms with Crippen LogP contribution in [0.4, 0.5) is 13.2 Å². The topological polar surface area (TPSA) is 92.7 Å². The summed E-state index contributed by atoms with van der Waals surface area (Å²) in [7, 11) is 0. The molecule has 0 saturated heterocycles. The van der Waals surface area contributed by atoms with Gasteiger partial charge in [-0.1, -0.05) is 37.3 Å². The molecule has 3 rings (SSSR count). The van der Waals surface area contributed by atoms with Crippen LogP contribution >= 0.6 is 0 Å². The number of carbonyl (C=O) groups excluding carboxylic acids is 1. The van der Waals surface area contributed by atoms with Crippen LogP contribution in [0.25, 0.3) is 5.82 Å². The smallest absolute Gasteiger partial charge is 0.351 e. The standard InChI is InChI=1S/C18H16F3N5O2/c1-11(12-5-3-2-4-6-12)9-22-17(28)13-10-23-26(16(13)18(19,20)21)14-7-8-15(27)25-24-14/h2-8,10-11H,9H2,1H3,(H,22,28)(H,25,27)/t11-/m1/s1. The lowest BCUT2D eigenvalue weighted by molar-refractivity contribution is -0.143. The van der Waals surface area contributed by atoms with Crippen LogP contribution in [-0.2, 0) is 6.18 Å². The molecule has 1 aromatic carbocycles. The number of aromatic nitrogens is 4. The quantitative estimate of drug-likeness (QED) is 0.699. The second-order valence-electron chi connectivity index (χ2n) is 6.12. The lowest BCUT2D eigenvalue weighted by Crippen LogP contribution is -2.29. The average Bonchev–Trinajstić information content (AvgIpc) is 3.13. The van der Waals surface area contributed by atoms with E-state index in [0.717, 1.165) is 23.9 Å². The van der Waals surface area contributed by atoms with Gasteiger partial charge in [-0.05, 0) is 17.5 Å². The van der Waals surface area contributed by atoms with Crippen molar-refractivity contribution in [2.75, 3.05) is 6.54 Å². The molecule has 0 fully saturated rings. The third-order valence-electron chi connectivity index (χ3n) is 4.10. The fourth-order valence-electron chi connectivity index (χ4n) is 2.66. The van der Waals surface area contributed by atoms with Crippen molar-refractivity contribution >= 4 is 5.91 Å². The predicted molar refractivity (Wildman–Crippen MR) is 94.2 cm³/mol. The highest BCUT2D eigenvalue weighted by Gasteiger charge is 2.41. The summed E-state index contributed by atoms with van der Waals surface area (Å²) in [5, 5.41) is 11.7. The molecule has 0 bridgehead atoms. The Morgan fingerprint density at radius 2 is 1.93 bits per heavy atom. The molecule has 3 aromatic rings. The van der Waals surface area contributed by atoms with E-state index in [0.29, 0.717) is 4.68 Å². The molecule has 1 atom stereocenters. The number of benzene rings is 1. The Labute approximate surface area is 157 Å². The first-order valence-corrected chi connectivity index (χ1v) is 8.32. The van der Waals surface area contributed by atoms with Crippen LogP contribution in [0.5, 0.6) is 0 Å². The highest BCUT2D eigenvalue weighted by atomic mass is 19.4. The molecule has 2 N–H and O–H groups in total. The lowest BCUT2D eigenvalue weighted by Gasteiger charge is -2.14. The van der Waals surface area contributed by atoms with Crippen LogP contribution in [0.15, 0.2) is 53.5 Å². The van der Waals surface area contributed by atoms with Gasteiger partial charge in [-0.25, -0.2) is 9.78 Å². The molecule has 7 nitrogen and oxygen atoms in total. The maximum Gasteiger partial charge on any atom is 0.434 e. The molecule has 0 aliphatic rings. The summed E-state index contributed by atoms with van der Waals surface area (Å²) in [5.41, 5.74) is -1.51. The van der Waals surface area contributed by atoms with Crippen molar-refractivity contribution in [3.05, 3.63) is 75.8 Å². The van der Waals surface area contributed by atoms with Crippen LogP contribution in [-0.4, -0.2) is 32.4 Å². The molecule has 146 valence electrons. The van der Waals surface area contributed by atoms with Gasteiger partial charge in [0.05, 0.1) is 11.8 Å². The summed E-state index contributed by atoms with van der Waals surface area (Å²) in [6.45, 7) is 2.01. The molecular weight excluding hydrogens is 375 g/mol. The first-order chi connectivity index (χ1) is 13.3. The number of amides is 1. The molecule has 0 unspecified atom stereocenters. The van der Waals surface area contributed by atoms with Crippen molar-refractivity contribution in [1.82, 2.24) is 25.3 Å². The van der Waals surface area contributed by atoms with Gasteiger partial charge in [0.15, 0.2) is 11.5 Å². The number of nitrogens with one attached hydrogen (secondary N) is 2. The minimum absolute atomic E-state index is 0.0876. The van der Waals surface area contributed by atoms with Gasteiger partial charge in [0.2, 0.25) is 0 Å². The highest BCUT2D eigenvalue weighted by Crippen LogP contribution is 2.33. The summed E-state index contributed by atoms with van der Waals surface area (Å²) >= 11 is 0.